The van der Waals surface area contributed by atoms with E-state index in [-0.39, 0.29) is 12.4 Å². The van der Waals surface area contributed by atoms with Crippen LogP contribution in [0.15, 0.2) is 39.3 Å². The normalized spacial score (nSPS) is 10.7. The zero-order valence-electron chi connectivity index (χ0n) is 11.2. The lowest BCUT2D eigenvalue weighted by Gasteiger charge is -2.13. The van der Waals surface area contributed by atoms with E-state index in [0.717, 1.165) is 21.1 Å². The lowest BCUT2D eigenvalue weighted by atomic mass is 10.2. The molecule has 0 saturated carbocycles. The van der Waals surface area contributed by atoms with Crippen LogP contribution in [0.1, 0.15) is 11.1 Å². The SMILES string of the molecule is CNCc1cc(Br)c(OCc2cc(Cl)ccc2F)c(Br)c1. The summed E-state index contributed by atoms with van der Waals surface area (Å²) in [6.07, 6.45) is 0. The molecule has 0 saturated heterocycles. The van der Waals surface area contributed by atoms with Crippen molar-refractivity contribution in [3.05, 3.63) is 61.2 Å². The Morgan fingerprint density at radius 1 is 1.19 bits per heavy atom. The minimum absolute atomic E-state index is 0.106. The summed E-state index contributed by atoms with van der Waals surface area (Å²) < 4.78 is 21.0. The summed E-state index contributed by atoms with van der Waals surface area (Å²) in [4.78, 5) is 0. The van der Waals surface area contributed by atoms with Gasteiger partial charge in [-0.2, -0.15) is 0 Å². The maximum absolute atomic E-state index is 13.7. The van der Waals surface area contributed by atoms with Crippen molar-refractivity contribution in [2.45, 2.75) is 13.2 Å². The molecule has 0 radical (unpaired) electrons. The second-order valence-corrected chi connectivity index (χ2v) is 6.59. The molecule has 1 N–H and O–H groups in total. The number of ether oxygens (including phenoxy) is 1. The molecular formula is C15H13Br2ClFNO. The Kier molecular flexibility index (Phi) is 6.05. The van der Waals surface area contributed by atoms with E-state index in [0.29, 0.717) is 16.3 Å². The number of benzene rings is 2. The molecule has 0 atom stereocenters. The molecule has 0 unspecified atom stereocenters. The van der Waals surface area contributed by atoms with Gasteiger partial charge >= 0.3 is 0 Å². The van der Waals surface area contributed by atoms with E-state index >= 15 is 0 Å². The Morgan fingerprint density at radius 2 is 1.86 bits per heavy atom. The molecule has 2 nitrogen and oxygen atoms in total. The second kappa shape index (κ2) is 7.58. The van der Waals surface area contributed by atoms with Gasteiger partial charge < -0.3 is 10.1 Å². The van der Waals surface area contributed by atoms with Gasteiger partial charge in [0, 0.05) is 17.1 Å². The smallest absolute Gasteiger partial charge is 0.148 e. The van der Waals surface area contributed by atoms with Gasteiger partial charge in [-0.15, -0.1) is 0 Å². The van der Waals surface area contributed by atoms with Gasteiger partial charge in [0.05, 0.1) is 8.95 Å². The first kappa shape index (κ1) is 16.7. The van der Waals surface area contributed by atoms with Gasteiger partial charge in [-0.25, -0.2) is 4.39 Å². The fourth-order valence-electron chi connectivity index (χ4n) is 1.86. The zero-order valence-corrected chi connectivity index (χ0v) is 15.1. The Hall–Kier alpha value is -0.620. The molecule has 112 valence electrons. The predicted octanol–water partition coefficient (Wildman–Crippen LogP) is 5.30. The van der Waals surface area contributed by atoms with Crippen molar-refractivity contribution in [2.75, 3.05) is 7.05 Å². The number of hydrogen-bond donors (Lipinski definition) is 1. The minimum atomic E-state index is -0.335. The van der Waals surface area contributed by atoms with E-state index in [4.69, 9.17) is 16.3 Å². The lowest BCUT2D eigenvalue weighted by Crippen LogP contribution is -2.06. The van der Waals surface area contributed by atoms with Gasteiger partial charge in [0.25, 0.3) is 0 Å². The van der Waals surface area contributed by atoms with Gasteiger partial charge in [0.15, 0.2) is 0 Å². The van der Waals surface area contributed by atoms with Gasteiger partial charge in [-0.05, 0) is 74.8 Å². The van der Waals surface area contributed by atoms with E-state index < -0.39 is 0 Å². The van der Waals surface area contributed by atoms with Gasteiger partial charge in [-0.1, -0.05) is 11.6 Å². The summed E-state index contributed by atoms with van der Waals surface area (Å²) in [5, 5.41) is 3.57. The van der Waals surface area contributed by atoms with Crippen molar-refractivity contribution in [3.8, 4) is 5.75 Å². The molecule has 0 heterocycles. The quantitative estimate of drug-likeness (QED) is 0.685. The Morgan fingerprint density at radius 3 is 2.48 bits per heavy atom. The molecule has 0 bridgehead atoms. The Labute approximate surface area is 144 Å². The van der Waals surface area contributed by atoms with Crippen LogP contribution in [0, 0.1) is 5.82 Å². The van der Waals surface area contributed by atoms with E-state index in [1.54, 1.807) is 6.07 Å². The number of nitrogens with one attached hydrogen (secondary N) is 1. The summed E-state index contributed by atoms with van der Waals surface area (Å²) in [6, 6.07) is 8.34. The summed E-state index contributed by atoms with van der Waals surface area (Å²) >= 11 is 12.8. The van der Waals surface area contributed by atoms with Crippen molar-refractivity contribution in [1.29, 1.82) is 0 Å². The van der Waals surface area contributed by atoms with Crippen LogP contribution in [-0.4, -0.2) is 7.05 Å². The van der Waals surface area contributed by atoms with Crippen molar-refractivity contribution in [3.63, 3.8) is 0 Å². The molecule has 0 aliphatic rings. The maximum atomic E-state index is 13.7. The van der Waals surface area contributed by atoms with Crippen LogP contribution in [-0.2, 0) is 13.2 Å². The number of hydrogen-bond acceptors (Lipinski definition) is 2. The zero-order chi connectivity index (χ0) is 15.4. The number of halogens is 4. The largest absolute Gasteiger partial charge is 0.486 e. The van der Waals surface area contributed by atoms with E-state index in [1.807, 2.05) is 19.2 Å². The molecule has 0 aliphatic heterocycles. The monoisotopic (exact) mass is 435 g/mol. The maximum Gasteiger partial charge on any atom is 0.148 e. The van der Waals surface area contributed by atoms with Crippen LogP contribution in [0.25, 0.3) is 0 Å². The van der Waals surface area contributed by atoms with Gasteiger partial charge in [0.1, 0.15) is 18.2 Å². The average Bonchev–Trinajstić information content (AvgIpc) is 2.42. The fraction of sp³-hybridized carbons (Fsp3) is 0.200. The first-order valence-corrected chi connectivity index (χ1v) is 8.17. The standard InChI is InChI=1S/C15H13Br2ClFNO/c1-20-7-9-4-12(16)15(13(17)5-9)21-8-10-6-11(18)2-3-14(10)19/h2-6,20H,7-8H2,1H3. The number of rotatable bonds is 5. The lowest BCUT2D eigenvalue weighted by molar-refractivity contribution is 0.296. The molecule has 0 fully saturated rings. The highest BCUT2D eigenvalue weighted by molar-refractivity contribution is 9.11. The highest BCUT2D eigenvalue weighted by atomic mass is 79.9. The summed E-state index contributed by atoms with van der Waals surface area (Å²) in [6.45, 7) is 0.857. The summed E-state index contributed by atoms with van der Waals surface area (Å²) in [5.74, 6) is 0.299. The first-order valence-electron chi connectivity index (χ1n) is 6.20. The third-order valence-corrected chi connectivity index (χ3v) is 4.23. The topological polar surface area (TPSA) is 21.3 Å². The molecule has 0 aromatic heterocycles. The van der Waals surface area contributed by atoms with Gasteiger partial charge in [0.2, 0.25) is 0 Å². The molecule has 2 rings (SSSR count). The van der Waals surface area contributed by atoms with E-state index in [1.165, 1.54) is 12.1 Å². The van der Waals surface area contributed by atoms with Crippen LogP contribution in [0.4, 0.5) is 4.39 Å². The van der Waals surface area contributed by atoms with Crippen molar-refractivity contribution >= 4 is 43.5 Å². The van der Waals surface area contributed by atoms with Crippen LogP contribution in [0.5, 0.6) is 5.75 Å². The molecular weight excluding hydrogens is 424 g/mol. The van der Waals surface area contributed by atoms with Crippen molar-refractivity contribution < 1.29 is 9.13 Å². The summed E-state index contributed by atoms with van der Waals surface area (Å²) in [7, 11) is 1.88. The van der Waals surface area contributed by atoms with Gasteiger partial charge in [-0.3, -0.25) is 0 Å². The van der Waals surface area contributed by atoms with Crippen LogP contribution < -0.4 is 10.1 Å². The predicted molar refractivity (Wildman–Crippen MR) is 90.3 cm³/mol. The average molecular weight is 438 g/mol. The molecule has 6 heteroatoms. The molecule has 0 aliphatic carbocycles. The van der Waals surface area contributed by atoms with Crippen LogP contribution in [0.3, 0.4) is 0 Å². The molecule has 0 spiro atoms. The molecule has 2 aromatic rings. The van der Waals surface area contributed by atoms with E-state index in [9.17, 15) is 4.39 Å². The van der Waals surface area contributed by atoms with Crippen molar-refractivity contribution in [2.24, 2.45) is 0 Å². The summed E-state index contributed by atoms with van der Waals surface area (Å²) in [5.41, 5.74) is 1.53. The molecule has 0 amide bonds. The highest BCUT2D eigenvalue weighted by Crippen LogP contribution is 2.35. The molecule has 21 heavy (non-hydrogen) atoms. The van der Waals surface area contributed by atoms with Crippen molar-refractivity contribution in [1.82, 2.24) is 5.32 Å². The second-order valence-electron chi connectivity index (χ2n) is 4.44. The Bertz CT molecular complexity index is 629. The fourth-order valence-corrected chi connectivity index (χ4v) is 3.57. The highest BCUT2D eigenvalue weighted by Gasteiger charge is 2.11. The first-order chi connectivity index (χ1) is 10.0. The third kappa shape index (κ3) is 4.42. The van der Waals surface area contributed by atoms with Crippen LogP contribution >= 0.6 is 43.5 Å². The molecule has 2 aromatic carbocycles. The van der Waals surface area contributed by atoms with Crippen LogP contribution in [0.2, 0.25) is 5.02 Å². The third-order valence-electron chi connectivity index (χ3n) is 2.82. The minimum Gasteiger partial charge on any atom is -0.486 e. The van der Waals surface area contributed by atoms with E-state index in [2.05, 4.69) is 37.2 Å². The Balaban J connectivity index is 2.18.